The predicted molar refractivity (Wildman–Crippen MR) is 123 cm³/mol. The first-order valence-corrected chi connectivity index (χ1v) is 12.7. The van der Waals surface area contributed by atoms with Crippen LogP contribution in [0.15, 0.2) is 48.2 Å². The Morgan fingerprint density at radius 2 is 1.74 bits per heavy atom. The molecular formula is C22H25F3N6O3S. The summed E-state index contributed by atoms with van der Waals surface area (Å²) in [5.41, 5.74) is 1.46. The molecule has 9 nitrogen and oxygen atoms in total. The highest BCUT2D eigenvalue weighted by Gasteiger charge is 2.31. The molecule has 1 amide bonds. The molecule has 2 aromatic rings. The Morgan fingerprint density at radius 3 is 2.34 bits per heavy atom. The van der Waals surface area contributed by atoms with Crippen LogP contribution in [0.2, 0.25) is 0 Å². The topological polar surface area (TPSA) is 91.6 Å². The predicted octanol–water partition coefficient (Wildman–Crippen LogP) is 2.28. The molecule has 0 bridgehead atoms. The van der Waals surface area contributed by atoms with Crippen molar-refractivity contribution in [1.29, 1.82) is 0 Å². The van der Waals surface area contributed by atoms with Gasteiger partial charge in [-0.25, -0.2) is 13.1 Å². The standard InChI is InChI=1S/C22H25F3N6O3S/c1-16-20(21(32)28-10-12-30(13-11-28)35(2,33)34)31(27-26-16)15-17-4-3-9-29(14-17)19-7-5-18(6-8-19)22(23,24)25/h3-8,14H,9-13,15H2,1-2H3. The first-order valence-electron chi connectivity index (χ1n) is 10.9. The van der Waals surface area contributed by atoms with Crippen molar-refractivity contribution in [3.05, 3.63) is 65.1 Å². The van der Waals surface area contributed by atoms with Crippen molar-refractivity contribution >= 4 is 21.6 Å². The van der Waals surface area contributed by atoms with E-state index in [9.17, 15) is 26.4 Å². The van der Waals surface area contributed by atoms with Crippen molar-refractivity contribution in [3.63, 3.8) is 0 Å². The maximum Gasteiger partial charge on any atom is 0.416 e. The third-order valence-electron chi connectivity index (χ3n) is 5.92. The zero-order chi connectivity index (χ0) is 25.4. The number of sulfonamides is 1. The van der Waals surface area contributed by atoms with E-state index in [0.29, 0.717) is 23.6 Å². The molecule has 35 heavy (non-hydrogen) atoms. The van der Waals surface area contributed by atoms with E-state index in [1.807, 2.05) is 17.1 Å². The number of anilines is 1. The Morgan fingerprint density at radius 1 is 1.09 bits per heavy atom. The fourth-order valence-electron chi connectivity index (χ4n) is 4.05. The fraction of sp³-hybridized carbons (Fsp3) is 0.409. The maximum absolute atomic E-state index is 13.2. The molecule has 3 heterocycles. The number of hydrogen-bond acceptors (Lipinski definition) is 6. The Hall–Kier alpha value is -3.19. The van der Waals surface area contributed by atoms with Crippen molar-refractivity contribution in [2.24, 2.45) is 0 Å². The van der Waals surface area contributed by atoms with Gasteiger partial charge in [0.05, 0.1) is 24.1 Å². The summed E-state index contributed by atoms with van der Waals surface area (Å²) in [7, 11) is -3.31. The SMILES string of the molecule is Cc1nnn(CC2=CN(c3ccc(C(F)(F)F)cc3)CC=C2)c1C(=O)N1CCN(S(C)(=O)=O)CC1. The number of aromatic nitrogens is 3. The Balaban J connectivity index is 1.49. The molecule has 0 saturated carbocycles. The van der Waals surface area contributed by atoms with Gasteiger partial charge in [0, 0.05) is 44.6 Å². The van der Waals surface area contributed by atoms with Crippen LogP contribution in [0.1, 0.15) is 21.7 Å². The molecule has 0 radical (unpaired) electrons. The van der Waals surface area contributed by atoms with Gasteiger partial charge in [-0.1, -0.05) is 17.4 Å². The zero-order valence-corrected chi connectivity index (χ0v) is 20.1. The summed E-state index contributed by atoms with van der Waals surface area (Å²) < 4.78 is 64.9. The van der Waals surface area contributed by atoms with Gasteiger partial charge in [0.2, 0.25) is 10.0 Å². The lowest BCUT2D eigenvalue weighted by molar-refractivity contribution is -0.137. The minimum atomic E-state index is -4.40. The molecule has 188 valence electrons. The molecule has 0 unspecified atom stereocenters. The van der Waals surface area contributed by atoms with E-state index in [-0.39, 0.29) is 38.6 Å². The summed E-state index contributed by atoms with van der Waals surface area (Å²) in [5, 5.41) is 8.16. The summed E-state index contributed by atoms with van der Waals surface area (Å²) in [6.45, 7) is 3.38. The fourth-order valence-corrected chi connectivity index (χ4v) is 4.88. The largest absolute Gasteiger partial charge is 0.416 e. The van der Waals surface area contributed by atoms with Crippen LogP contribution in [0, 0.1) is 6.92 Å². The average Bonchev–Trinajstić information content (AvgIpc) is 3.17. The highest BCUT2D eigenvalue weighted by molar-refractivity contribution is 7.88. The molecule has 2 aliphatic rings. The molecule has 1 fully saturated rings. The quantitative estimate of drug-likeness (QED) is 0.613. The number of benzene rings is 1. The lowest BCUT2D eigenvalue weighted by atomic mass is 10.1. The summed E-state index contributed by atoms with van der Waals surface area (Å²) in [6, 6.07) is 4.92. The van der Waals surface area contributed by atoms with E-state index >= 15 is 0 Å². The van der Waals surface area contributed by atoms with Crippen LogP contribution in [0.25, 0.3) is 0 Å². The number of aryl methyl sites for hydroxylation is 1. The van der Waals surface area contributed by atoms with Gasteiger partial charge in [-0.3, -0.25) is 4.79 Å². The first-order chi connectivity index (χ1) is 16.4. The van der Waals surface area contributed by atoms with Gasteiger partial charge in [-0.05, 0) is 36.8 Å². The van der Waals surface area contributed by atoms with E-state index in [1.165, 1.54) is 21.1 Å². The van der Waals surface area contributed by atoms with Crippen molar-refractivity contribution in [3.8, 4) is 0 Å². The van der Waals surface area contributed by atoms with E-state index in [4.69, 9.17) is 0 Å². The number of rotatable bonds is 5. The Kier molecular flexibility index (Phi) is 6.73. The van der Waals surface area contributed by atoms with Gasteiger partial charge >= 0.3 is 6.18 Å². The van der Waals surface area contributed by atoms with Crippen molar-refractivity contribution < 1.29 is 26.4 Å². The van der Waals surface area contributed by atoms with Crippen LogP contribution < -0.4 is 4.90 Å². The van der Waals surface area contributed by atoms with Gasteiger partial charge in [0.1, 0.15) is 5.69 Å². The second kappa shape index (κ2) is 9.46. The smallest absolute Gasteiger partial charge is 0.344 e. The Labute approximate surface area is 201 Å². The molecule has 0 aliphatic carbocycles. The molecular weight excluding hydrogens is 485 g/mol. The van der Waals surface area contributed by atoms with Gasteiger partial charge in [0.15, 0.2) is 0 Å². The molecule has 0 spiro atoms. The van der Waals surface area contributed by atoms with Gasteiger partial charge in [0.25, 0.3) is 5.91 Å². The molecule has 1 aromatic carbocycles. The number of allylic oxidation sites excluding steroid dienone is 2. The van der Waals surface area contributed by atoms with Crippen LogP contribution in [-0.4, -0.2) is 77.5 Å². The molecule has 0 N–H and O–H groups in total. The normalized spacial score (nSPS) is 17.6. The van der Waals surface area contributed by atoms with Crippen LogP contribution >= 0.6 is 0 Å². The minimum Gasteiger partial charge on any atom is -0.344 e. The molecule has 0 atom stereocenters. The summed E-state index contributed by atoms with van der Waals surface area (Å²) in [6.07, 6.45) is 2.30. The lowest BCUT2D eigenvalue weighted by Gasteiger charge is -2.33. The molecule has 2 aliphatic heterocycles. The molecule has 4 rings (SSSR count). The number of carbonyl (C=O) groups excluding carboxylic acids is 1. The van der Waals surface area contributed by atoms with Crippen molar-refractivity contribution in [2.75, 3.05) is 43.9 Å². The molecule has 13 heteroatoms. The average molecular weight is 511 g/mol. The van der Waals surface area contributed by atoms with Gasteiger partial charge in [-0.2, -0.15) is 17.5 Å². The number of halogens is 3. The van der Waals surface area contributed by atoms with Crippen LogP contribution in [0.4, 0.5) is 18.9 Å². The minimum absolute atomic E-state index is 0.223. The number of alkyl halides is 3. The van der Waals surface area contributed by atoms with Crippen LogP contribution in [0.3, 0.4) is 0 Å². The third kappa shape index (κ3) is 5.56. The van der Waals surface area contributed by atoms with E-state index in [0.717, 1.165) is 24.0 Å². The summed E-state index contributed by atoms with van der Waals surface area (Å²) >= 11 is 0. The van der Waals surface area contributed by atoms with Crippen molar-refractivity contribution in [2.45, 2.75) is 19.6 Å². The van der Waals surface area contributed by atoms with E-state index in [2.05, 4.69) is 10.3 Å². The van der Waals surface area contributed by atoms with E-state index in [1.54, 1.807) is 18.0 Å². The monoisotopic (exact) mass is 510 g/mol. The highest BCUT2D eigenvalue weighted by atomic mass is 32.2. The second-order valence-corrected chi connectivity index (χ2v) is 10.4. The van der Waals surface area contributed by atoms with Gasteiger partial charge < -0.3 is 9.80 Å². The second-order valence-electron chi connectivity index (χ2n) is 8.44. The van der Waals surface area contributed by atoms with Crippen LogP contribution in [-0.2, 0) is 22.7 Å². The Bertz CT molecular complexity index is 1260. The first kappa shape index (κ1) is 24.9. The number of piperazine rings is 1. The van der Waals surface area contributed by atoms with Crippen molar-refractivity contribution in [1.82, 2.24) is 24.2 Å². The van der Waals surface area contributed by atoms with Crippen LogP contribution in [0.5, 0.6) is 0 Å². The summed E-state index contributed by atoms with van der Waals surface area (Å²) in [5.74, 6) is -0.277. The van der Waals surface area contributed by atoms with Gasteiger partial charge in [-0.15, -0.1) is 5.10 Å². The molecule has 1 aromatic heterocycles. The lowest BCUT2D eigenvalue weighted by Crippen LogP contribution is -2.50. The zero-order valence-electron chi connectivity index (χ0n) is 19.2. The maximum atomic E-state index is 13.2. The number of carbonyl (C=O) groups is 1. The van der Waals surface area contributed by atoms with E-state index < -0.39 is 21.8 Å². The highest BCUT2D eigenvalue weighted by Crippen LogP contribution is 2.31. The third-order valence-corrected chi connectivity index (χ3v) is 7.22. The molecule has 1 saturated heterocycles. The summed E-state index contributed by atoms with van der Waals surface area (Å²) in [4.78, 5) is 16.6. The number of amides is 1. The number of nitrogens with zero attached hydrogens (tertiary/aromatic N) is 6. The number of hydrogen-bond donors (Lipinski definition) is 0.